The molecule has 18 heavy (non-hydrogen) atoms. The molecular weight excluding hydrogens is 240 g/mol. The average Bonchev–Trinajstić information content (AvgIpc) is 2.38. The standard InChI is InChI=1S/C13H19F2NO2/c1-3-10(7-17)16-8(2)13(18)9-4-5-11(14)12(15)6-9/h4-6,8,10,13,16-18H,3,7H2,1-2H3. The van der Waals surface area contributed by atoms with Crippen LogP contribution in [0, 0.1) is 11.6 Å². The smallest absolute Gasteiger partial charge is 0.159 e. The molecule has 0 bridgehead atoms. The molecule has 0 aliphatic heterocycles. The van der Waals surface area contributed by atoms with E-state index in [0.29, 0.717) is 12.0 Å². The molecule has 0 amide bonds. The largest absolute Gasteiger partial charge is 0.395 e. The number of rotatable bonds is 6. The van der Waals surface area contributed by atoms with E-state index in [4.69, 9.17) is 5.11 Å². The monoisotopic (exact) mass is 259 g/mol. The first-order valence-electron chi connectivity index (χ1n) is 5.99. The van der Waals surface area contributed by atoms with Crippen LogP contribution in [0.5, 0.6) is 0 Å². The lowest BCUT2D eigenvalue weighted by Crippen LogP contribution is -2.41. The first-order valence-corrected chi connectivity index (χ1v) is 5.99. The topological polar surface area (TPSA) is 52.5 Å². The van der Waals surface area contributed by atoms with Crippen molar-refractivity contribution in [1.29, 1.82) is 0 Å². The number of benzene rings is 1. The van der Waals surface area contributed by atoms with Crippen LogP contribution in [-0.4, -0.2) is 28.9 Å². The molecule has 0 heterocycles. The molecule has 3 nitrogen and oxygen atoms in total. The van der Waals surface area contributed by atoms with Gasteiger partial charge in [-0.1, -0.05) is 13.0 Å². The third-order valence-electron chi connectivity index (χ3n) is 2.97. The predicted molar refractivity (Wildman–Crippen MR) is 65.1 cm³/mol. The van der Waals surface area contributed by atoms with E-state index in [-0.39, 0.29) is 18.7 Å². The summed E-state index contributed by atoms with van der Waals surface area (Å²) in [5.41, 5.74) is 0.307. The van der Waals surface area contributed by atoms with Gasteiger partial charge >= 0.3 is 0 Å². The molecule has 0 spiro atoms. The Kier molecular flexibility index (Phi) is 5.65. The molecule has 3 atom stereocenters. The fraction of sp³-hybridized carbons (Fsp3) is 0.538. The highest BCUT2D eigenvalue weighted by Crippen LogP contribution is 2.19. The van der Waals surface area contributed by atoms with Crippen molar-refractivity contribution in [3.05, 3.63) is 35.4 Å². The summed E-state index contributed by atoms with van der Waals surface area (Å²) in [6, 6.07) is 2.83. The molecule has 0 aromatic heterocycles. The van der Waals surface area contributed by atoms with Gasteiger partial charge in [-0.05, 0) is 31.0 Å². The number of nitrogens with one attached hydrogen (secondary N) is 1. The molecule has 1 aromatic rings. The third-order valence-corrected chi connectivity index (χ3v) is 2.97. The number of halogens is 2. The van der Waals surface area contributed by atoms with Crippen LogP contribution < -0.4 is 5.32 Å². The molecule has 0 fully saturated rings. The highest BCUT2D eigenvalue weighted by atomic mass is 19.2. The molecule has 3 N–H and O–H groups in total. The minimum absolute atomic E-state index is 0.0364. The molecule has 0 radical (unpaired) electrons. The molecule has 3 unspecified atom stereocenters. The van der Waals surface area contributed by atoms with Crippen molar-refractivity contribution in [3.8, 4) is 0 Å². The Morgan fingerprint density at radius 3 is 2.44 bits per heavy atom. The quantitative estimate of drug-likeness (QED) is 0.729. The Morgan fingerprint density at radius 1 is 1.28 bits per heavy atom. The van der Waals surface area contributed by atoms with Crippen molar-refractivity contribution in [3.63, 3.8) is 0 Å². The van der Waals surface area contributed by atoms with Crippen LogP contribution in [0.3, 0.4) is 0 Å². The van der Waals surface area contributed by atoms with Gasteiger partial charge in [0.25, 0.3) is 0 Å². The summed E-state index contributed by atoms with van der Waals surface area (Å²) in [5, 5.41) is 22.1. The van der Waals surface area contributed by atoms with Gasteiger partial charge in [-0.25, -0.2) is 8.78 Å². The summed E-state index contributed by atoms with van der Waals surface area (Å²) in [6.07, 6.45) is -0.244. The third kappa shape index (κ3) is 3.73. The maximum Gasteiger partial charge on any atom is 0.159 e. The Morgan fingerprint density at radius 2 is 1.94 bits per heavy atom. The number of aliphatic hydroxyl groups is 2. The van der Waals surface area contributed by atoms with Gasteiger partial charge in [-0.3, -0.25) is 0 Å². The summed E-state index contributed by atoms with van der Waals surface area (Å²) >= 11 is 0. The molecule has 0 aliphatic rings. The lowest BCUT2D eigenvalue weighted by molar-refractivity contribution is 0.118. The van der Waals surface area contributed by atoms with Crippen LogP contribution in [0.4, 0.5) is 8.78 Å². The summed E-state index contributed by atoms with van der Waals surface area (Å²) in [4.78, 5) is 0. The second-order valence-corrected chi connectivity index (χ2v) is 4.36. The first kappa shape index (κ1) is 15.0. The molecule has 1 aromatic carbocycles. The molecule has 0 saturated heterocycles. The fourth-order valence-corrected chi connectivity index (χ4v) is 1.75. The van der Waals surface area contributed by atoms with Crippen molar-refractivity contribution >= 4 is 0 Å². The van der Waals surface area contributed by atoms with Gasteiger partial charge in [0, 0.05) is 12.1 Å². The minimum Gasteiger partial charge on any atom is -0.395 e. The number of hydrogen-bond acceptors (Lipinski definition) is 3. The Balaban J connectivity index is 2.73. The zero-order valence-electron chi connectivity index (χ0n) is 10.5. The van der Waals surface area contributed by atoms with Gasteiger partial charge in [0.15, 0.2) is 11.6 Å². The maximum absolute atomic E-state index is 13.1. The molecular formula is C13H19F2NO2. The van der Waals surface area contributed by atoms with Crippen LogP contribution >= 0.6 is 0 Å². The SMILES string of the molecule is CCC(CO)NC(C)C(O)c1ccc(F)c(F)c1. The molecule has 0 saturated carbocycles. The normalized spacial score (nSPS) is 16.3. The van der Waals surface area contributed by atoms with Crippen molar-refractivity contribution in [2.24, 2.45) is 0 Å². The van der Waals surface area contributed by atoms with Crippen LogP contribution in [-0.2, 0) is 0 Å². The van der Waals surface area contributed by atoms with E-state index in [9.17, 15) is 13.9 Å². The van der Waals surface area contributed by atoms with E-state index < -0.39 is 17.7 Å². The van der Waals surface area contributed by atoms with Gasteiger partial charge in [-0.2, -0.15) is 0 Å². The molecule has 0 aliphatic carbocycles. The summed E-state index contributed by atoms with van der Waals surface area (Å²) in [6.45, 7) is 3.60. The van der Waals surface area contributed by atoms with E-state index in [0.717, 1.165) is 12.1 Å². The van der Waals surface area contributed by atoms with E-state index in [1.165, 1.54) is 6.07 Å². The van der Waals surface area contributed by atoms with Crippen molar-refractivity contribution in [2.45, 2.75) is 38.5 Å². The molecule has 5 heteroatoms. The van der Waals surface area contributed by atoms with E-state index in [2.05, 4.69) is 5.32 Å². The van der Waals surface area contributed by atoms with Crippen LogP contribution in [0.25, 0.3) is 0 Å². The second kappa shape index (κ2) is 6.78. The Labute approximate surface area is 105 Å². The lowest BCUT2D eigenvalue weighted by atomic mass is 10.0. The van der Waals surface area contributed by atoms with E-state index >= 15 is 0 Å². The molecule has 1 rings (SSSR count). The molecule has 102 valence electrons. The van der Waals surface area contributed by atoms with Crippen LogP contribution in [0.1, 0.15) is 31.9 Å². The van der Waals surface area contributed by atoms with E-state index in [1.807, 2.05) is 6.92 Å². The zero-order chi connectivity index (χ0) is 13.7. The average molecular weight is 259 g/mol. The highest BCUT2D eigenvalue weighted by molar-refractivity contribution is 5.21. The zero-order valence-corrected chi connectivity index (χ0v) is 10.5. The maximum atomic E-state index is 13.1. The van der Waals surface area contributed by atoms with Crippen molar-refractivity contribution in [1.82, 2.24) is 5.32 Å². The van der Waals surface area contributed by atoms with Gasteiger partial charge in [-0.15, -0.1) is 0 Å². The summed E-state index contributed by atoms with van der Waals surface area (Å²) < 4.78 is 25.8. The van der Waals surface area contributed by atoms with Crippen molar-refractivity contribution < 1.29 is 19.0 Å². The van der Waals surface area contributed by atoms with Gasteiger partial charge in [0.2, 0.25) is 0 Å². The summed E-state index contributed by atoms with van der Waals surface area (Å²) in [7, 11) is 0. The van der Waals surface area contributed by atoms with Gasteiger partial charge < -0.3 is 15.5 Å². The number of aliphatic hydroxyl groups excluding tert-OH is 2. The van der Waals surface area contributed by atoms with E-state index in [1.54, 1.807) is 6.92 Å². The van der Waals surface area contributed by atoms with Crippen LogP contribution in [0.2, 0.25) is 0 Å². The van der Waals surface area contributed by atoms with Crippen LogP contribution in [0.15, 0.2) is 18.2 Å². The summed E-state index contributed by atoms with van der Waals surface area (Å²) in [5.74, 6) is -1.92. The minimum atomic E-state index is -0.979. The van der Waals surface area contributed by atoms with Gasteiger partial charge in [0.1, 0.15) is 0 Å². The fourth-order valence-electron chi connectivity index (χ4n) is 1.75. The number of hydrogen-bond donors (Lipinski definition) is 3. The lowest BCUT2D eigenvalue weighted by Gasteiger charge is -2.25. The predicted octanol–water partition coefficient (Wildman–Crippen LogP) is 1.75. The van der Waals surface area contributed by atoms with Crippen molar-refractivity contribution in [2.75, 3.05) is 6.61 Å². The Hall–Kier alpha value is -1.04. The second-order valence-electron chi connectivity index (χ2n) is 4.36. The van der Waals surface area contributed by atoms with Gasteiger partial charge in [0.05, 0.1) is 12.7 Å². The highest BCUT2D eigenvalue weighted by Gasteiger charge is 2.20. The first-order chi connectivity index (χ1) is 8.49. The Bertz CT molecular complexity index is 383.